The van der Waals surface area contributed by atoms with Crippen molar-refractivity contribution >= 4 is 28.7 Å². The maximum Gasteiger partial charge on any atom is 0.255 e. The fourth-order valence-corrected chi connectivity index (χ4v) is 2.61. The number of rotatable bonds is 8. The lowest BCUT2D eigenvalue weighted by Gasteiger charge is -2.11. The van der Waals surface area contributed by atoms with Gasteiger partial charge in [-0.15, -0.1) is 0 Å². The molecule has 3 aromatic carbocycles. The molecule has 0 aliphatic heterocycles. The second kappa shape index (κ2) is 10.2. The zero-order chi connectivity index (χ0) is 21.3. The highest BCUT2D eigenvalue weighted by Crippen LogP contribution is 2.23. The van der Waals surface area contributed by atoms with Gasteiger partial charge in [-0.2, -0.15) is 10.2 Å². The summed E-state index contributed by atoms with van der Waals surface area (Å²) in [5, 5.41) is 20.1. The normalized spacial score (nSPS) is 10.8. The molecule has 3 aromatic rings. The molecule has 30 heavy (non-hydrogen) atoms. The van der Waals surface area contributed by atoms with Crippen molar-refractivity contribution in [1.82, 2.24) is 0 Å². The number of aliphatic hydroxyl groups excluding tert-OH is 1. The molecule has 0 spiro atoms. The molecule has 7 nitrogen and oxygen atoms in total. The number of carbonyl (C=O) groups excluding carboxylic acids is 1. The van der Waals surface area contributed by atoms with Crippen LogP contribution in [0.15, 0.2) is 83.0 Å². The predicted molar refractivity (Wildman–Crippen MR) is 118 cm³/mol. The highest BCUT2D eigenvalue weighted by Gasteiger charge is 2.06. The lowest BCUT2D eigenvalue weighted by Crippen LogP contribution is -2.11. The quantitative estimate of drug-likeness (QED) is 0.529. The zero-order valence-corrected chi connectivity index (χ0v) is 16.9. The molecule has 0 fully saturated rings. The van der Waals surface area contributed by atoms with Crippen molar-refractivity contribution in [1.29, 1.82) is 0 Å². The maximum absolute atomic E-state index is 12.4. The third kappa shape index (κ3) is 5.89. The summed E-state index contributed by atoms with van der Waals surface area (Å²) in [7, 11) is 3.97. The molecule has 7 heteroatoms. The van der Waals surface area contributed by atoms with Crippen LogP contribution in [0.25, 0.3) is 0 Å². The van der Waals surface area contributed by atoms with Crippen molar-refractivity contribution in [2.24, 2.45) is 10.2 Å². The van der Waals surface area contributed by atoms with Crippen LogP contribution in [0.3, 0.4) is 0 Å². The van der Waals surface area contributed by atoms with Gasteiger partial charge in [-0.05, 0) is 72.8 Å². The second-order valence-electron chi connectivity index (χ2n) is 6.71. The summed E-state index contributed by atoms with van der Waals surface area (Å²) in [6.45, 7) is 0.164. The van der Waals surface area contributed by atoms with Crippen LogP contribution in [0.4, 0.5) is 22.7 Å². The number of benzene rings is 3. The van der Waals surface area contributed by atoms with E-state index in [4.69, 9.17) is 9.84 Å². The summed E-state index contributed by atoms with van der Waals surface area (Å²) in [5.41, 5.74) is 3.73. The number of hydrogen-bond acceptors (Lipinski definition) is 6. The van der Waals surface area contributed by atoms with Crippen molar-refractivity contribution in [2.45, 2.75) is 0 Å². The van der Waals surface area contributed by atoms with Gasteiger partial charge in [0.05, 0.1) is 18.0 Å². The average Bonchev–Trinajstić information content (AvgIpc) is 2.78. The molecule has 0 aliphatic carbocycles. The Morgan fingerprint density at radius 3 is 2.00 bits per heavy atom. The molecule has 0 bridgehead atoms. The maximum atomic E-state index is 12.4. The van der Waals surface area contributed by atoms with E-state index in [0.29, 0.717) is 22.7 Å². The van der Waals surface area contributed by atoms with Crippen molar-refractivity contribution in [3.8, 4) is 5.75 Å². The monoisotopic (exact) mass is 404 g/mol. The largest absolute Gasteiger partial charge is 0.491 e. The van der Waals surface area contributed by atoms with Crippen LogP contribution >= 0.6 is 0 Å². The Labute approximate surface area is 175 Å². The molecule has 0 unspecified atom stereocenters. The van der Waals surface area contributed by atoms with Crippen molar-refractivity contribution < 1.29 is 14.6 Å². The smallest absolute Gasteiger partial charge is 0.255 e. The van der Waals surface area contributed by atoms with Gasteiger partial charge < -0.3 is 20.1 Å². The van der Waals surface area contributed by atoms with Crippen LogP contribution < -0.4 is 15.0 Å². The first kappa shape index (κ1) is 21.0. The van der Waals surface area contributed by atoms with Gasteiger partial charge in [0.25, 0.3) is 5.91 Å². The Morgan fingerprint density at radius 2 is 1.47 bits per heavy atom. The van der Waals surface area contributed by atoms with Gasteiger partial charge in [0.2, 0.25) is 0 Å². The number of carbonyl (C=O) groups is 1. The first-order chi connectivity index (χ1) is 14.5. The summed E-state index contributed by atoms with van der Waals surface area (Å²) in [6.07, 6.45) is 0. The van der Waals surface area contributed by atoms with E-state index < -0.39 is 0 Å². The topological polar surface area (TPSA) is 86.5 Å². The minimum absolute atomic E-state index is 0.0550. The van der Waals surface area contributed by atoms with E-state index in [9.17, 15) is 4.79 Å². The molecule has 0 aromatic heterocycles. The molecular formula is C23H24N4O3. The molecule has 2 N–H and O–H groups in total. The fraction of sp³-hybridized carbons (Fsp3) is 0.174. The Bertz CT molecular complexity index is 982. The summed E-state index contributed by atoms with van der Waals surface area (Å²) in [4.78, 5) is 14.4. The molecule has 0 radical (unpaired) electrons. The Balaban J connectivity index is 1.57. The van der Waals surface area contributed by atoms with Crippen LogP contribution in [-0.4, -0.2) is 38.3 Å². The SMILES string of the molecule is CN(C)c1ccc(/N=N/c2ccc(NC(=O)c3ccc(OCCO)cc3)cc2)cc1. The fourth-order valence-electron chi connectivity index (χ4n) is 2.61. The molecule has 0 aliphatic rings. The molecule has 1 amide bonds. The Morgan fingerprint density at radius 1 is 0.900 bits per heavy atom. The molecule has 0 atom stereocenters. The van der Waals surface area contributed by atoms with Gasteiger partial charge in [-0.1, -0.05) is 0 Å². The third-order valence-corrected chi connectivity index (χ3v) is 4.25. The number of hydrogen-bond donors (Lipinski definition) is 2. The number of nitrogens with zero attached hydrogens (tertiary/aromatic N) is 3. The van der Waals surface area contributed by atoms with Gasteiger partial charge in [0.1, 0.15) is 12.4 Å². The Kier molecular flexibility index (Phi) is 7.13. The van der Waals surface area contributed by atoms with Crippen molar-refractivity contribution in [3.05, 3.63) is 78.4 Å². The standard InChI is InChI=1S/C23H24N4O3/c1-27(2)21-11-9-20(10-12-21)26-25-19-7-5-18(6-8-19)24-23(29)17-3-13-22(14-4-17)30-16-15-28/h3-14,28H,15-16H2,1-2H3,(H,24,29)/b26-25+. The number of anilines is 2. The predicted octanol–water partition coefficient (Wildman–Crippen LogP) is 4.79. The van der Waals surface area contributed by atoms with Crippen LogP contribution in [-0.2, 0) is 0 Å². The number of nitrogens with one attached hydrogen (secondary N) is 1. The highest BCUT2D eigenvalue weighted by molar-refractivity contribution is 6.04. The van der Waals surface area contributed by atoms with Crippen LogP contribution in [0.2, 0.25) is 0 Å². The van der Waals surface area contributed by atoms with Crippen molar-refractivity contribution in [2.75, 3.05) is 37.5 Å². The number of aliphatic hydroxyl groups is 1. The summed E-state index contributed by atoms with van der Waals surface area (Å²) < 4.78 is 5.29. The van der Waals surface area contributed by atoms with E-state index in [1.54, 1.807) is 48.5 Å². The molecule has 0 saturated heterocycles. The minimum atomic E-state index is -0.223. The molecular weight excluding hydrogens is 380 g/mol. The van der Waals surface area contributed by atoms with E-state index in [-0.39, 0.29) is 19.1 Å². The van der Waals surface area contributed by atoms with E-state index in [1.165, 1.54) is 0 Å². The van der Waals surface area contributed by atoms with Crippen LogP contribution in [0.5, 0.6) is 5.75 Å². The molecule has 0 saturated carbocycles. The lowest BCUT2D eigenvalue weighted by atomic mass is 10.2. The zero-order valence-electron chi connectivity index (χ0n) is 16.9. The van der Waals surface area contributed by atoms with Crippen LogP contribution in [0, 0.1) is 0 Å². The van der Waals surface area contributed by atoms with Gasteiger partial charge in [0, 0.05) is 31.0 Å². The average molecular weight is 404 g/mol. The third-order valence-electron chi connectivity index (χ3n) is 4.25. The van der Waals surface area contributed by atoms with Gasteiger partial charge in [-0.25, -0.2) is 0 Å². The molecule has 3 rings (SSSR count). The van der Waals surface area contributed by atoms with E-state index >= 15 is 0 Å². The van der Waals surface area contributed by atoms with Crippen molar-refractivity contribution in [3.63, 3.8) is 0 Å². The minimum Gasteiger partial charge on any atom is -0.491 e. The number of amides is 1. The van der Waals surface area contributed by atoms with E-state index in [2.05, 4.69) is 15.5 Å². The van der Waals surface area contributed by atoms with Gasteiger partial charge in [-0.3, -0.25) is 4.79 Å². The second-order valence-corrected chi connectivity index (χ2v) is 6.71. The first-order valence-corrected chi connectivity index (χ1v) is 9.49. The van der Waals surface area contributed by atoms with E-state index in [0.717, 1.165) is 11.4 Å². The number of ether oxygens (including phenoxy) is 1. The summed E-state index contributed by atoms with van der Waals surface area (Å²) in [5.74, 6) is 0.380. The molecule has 154 valence electrons. The number of azo groups is 1. The van der Waals surface area contributed by atoms with Crippen LogP contribution in [0.1, 0.15) is 10.4 Å². The van der Waals surface area contributed by atoms with E-state index in [1.807, 2.05) is 43.3 Å². The highest BCUT2D eigenvalue weighted by atomic mass is 16.5. The summed E-state index contributed by atoms with van der Waals surface area (Å²) in [6, 6.07) is 21.7. The summed E-state index contributed by atoms with van der Waals surface area (Å²) >= 11 is 0. The Hall–Kier alpha value is -3.71. The lowest BCUT2D eigenvalue weighted by molar-refractivity contribution is 0.102. The van der Waals surface area contributed by atoms with Gasteiger partial charge >= 0.3 is 0 Å². The van der Waals surface area contributed by atoms with Gasteiger partial charge in [0.15, 0.2) is 0 Å². The first-order valence-electron chi connectivity index (χ1n) is 9.49. The molecule has 0 heterocycles.